The number of rotatable bonds is 3. The molecular weight excluding hydrogens is 482 g/mol. The topological polar surface area (TPSA) is 98.2 Å². The van der Waals surface area contributed by atoms with Crippen molar-refractivity contribution in [2.45, 2.75) is 27.1 Å². The van der Waals surface area contributed by atoms with Gasteiger partial charge in [0.2, 0.25) is 10.0 Å². The maximum Gasteiger partial charge on any atom is 0.261 e. The van der Waals surface area contributed by atoms with E-state index in [1.807, 2.05) is 12.1 Å². The Kier molecular flexibility index (Phi) is 8.26. The summed E-state index contributed by atoms with van der Waals surface area (Å²) in [5.74, 6) is 0. The molecular formula is C22H31N3O5S3. The Morgan fingerprint density at radius 2 is 1.58 bits per heavy atom. The summed E-state index contributed by atoms with van der Waals surface area (Å²) in [6, 6.07) is 14.5. The quantitative estimate of drug-likeness (QED) is 0.625. The van der Waals surface area contributed by atoms with E-state index in [1.54, 1.807) is 31.9 Å². The Morgan fingerprint density at radius 3 is 2.18 bits per heavy atom. The smallest absolute Gasteiger partial charge is 0.261 e. The number of likely N-dealkylation sites (N-methyl/N-ethyl adjacent to an activating group) is 1. The molecule has 182 valence electrons. The molecule has 2 aromatic carbocycles. The molecule has 2 aliphatic rings. The van der Waals surface area contributed by atoms with Crippen LogP contribution >= 0.6 is 11.8 Å². The fourth-order valence-electron chi connectivity index (χ4n) is 3.93. The highest BCUT2D eigenvalue weighted by Crippen LogP contribution is 2.43. The van der Waals surface area contributed by atoms with Gasteiger partial charge in [0.25, 0.3) is 10.1 Å². The molecule has 33 heavy (non-hydrogen) atoms. The van der Waals surface area contributed by atoms with Gasteiger partial charge in [0.05, 0.1) is 11.2 Å². The number of hydrogen-bond donors (Lipinski definition) is 1. The van der Waals surface area contributed by atoms with Crippen molar-refractivity contribution in [2.24, 2.45) is 0 Å². The molecule has 8 nitrogen and oxygen atoms in total. The van der Waals surface area contributed by atoms with E-state index >= 15 is 0 Å². The maximum absolute atomic E-state index is 12.6. The van der Waals surface area contributed by atoms with Gasteiger partial charge in [-0.1, -0.05) is 30.0 Å². The minimum absolute atomic E-state index is 0.274. The maximum atomic E-state index is 12.6. The van der Waals surface area contributed by atoms with Crippen LogP contribution in [-0.4, -0.2) is 89.1 Å². The minimum Gasteiger partial charge on any atom is -0.304 e. The SMILES string of the molecule is CN1CCN(C2Cc3cc(S(=O)(=O)N(C)C)ccc3Sc3ccccc32)CC1.CS(=O)(=O)O. The van der Waals surface area contributed by atoms with Crippen LogP contribution in [0.5, 0.6) is 0 Å². The first kappa shape index (κ1) is 26.1. The second-order valence-electron chi connectivity index (χ2n) is 8.49. The van der Waals surface area contributed by atoms with Crippen LogP contribution < -0.4 is 0 Å². The molecule has 1 atom stereocenters. The highest BCUT2D eigenvalue weighted by molar-refractivity contribution is 7.99. The molecule has 0 aromatic heterocycles. The van der Waals surface area contributed by atoms with Gasteiger partial charge in [0, 0.05) is 56.1 Å². The zero-order valence-electron chi connectivity index (χ0n) is 19.3. The highest BCUT2D eigenvalue weighted by Gasteiger charge is 2.30. The lowest BCUT2D eigenvalue weighted by atomic mass is 9.96. The second-order valence-corrected chi connectivity index (χ2v) is 13.2. The molecule has 0 bridgehead atoms. The number of benzene rings is 2. The second kappa shape index (κ2) is 10.4. The number of hydrogen-bond acceptors (Lipinski definition) is 7. The van der Waals surface area contributed by atoms with Crippen molar-refractivity contribution in [1.29, 1.82) is 0 Å². The van der Waals surface area contributed by atoms with Crippen LogP contribution in [0, 0.1) is 0 Å². The fourth-order valence-corrected chi connectivity index (χ4v) is 6.00. The van der Waals surface area contributed by atoms with E-state index in [2.05, 4.69) is 41.1 Å². The molecule has 0 spiro atoms. The van der Waals surface area contributed by atoms with Crippen molar-refractivity contribution >= 4 is 31.9 Å². The summed E-state index contributed by atoms with van der Waals surface area (Å²) >= 11 is 1.75. The lowest BCUT2D eigenvalue weighted by Gasteiger charge is -2.38. The Labute approximate surface area is 201 Å². The third-order valence-electron chi connectivity index (χ3n) is 5.70. The zero-order chi connectivity index (χ0) is 24.4. The van der Waals surface area contributed by atoms with Crippen LogP contribution in [0.15, 0.2) is 57.2 Å². The van der Waals surface area contributed by atoms with Crippen molar-refractivity contribution in [1.82, 2.24) is 14.1 Å². The molecule has 1 unspecified atom stereocenters. The molecule has 1 N–H and O–H groups in total. The Hall–Kier alpha value is -1.47. The molecule has 4 rings (SSSR count). The van der Waals surface area contributed by atoms with E-state index in [0.29, 0.717) is 11.2 Å². The van der Waals surface area contributed by atoms with Crippen LogP contribution in [0.4, 0.5) is 0 Å². The summed E-state index contributed by atoms with van der Waals surface area (Å²) in [7, 11) is -1.77. The lowest BCUT2D eigenvalue weighted by molar-refractivity contribution is 0.110. The van der Waals surface area contributed by atoms with Gasteiger partial charge in [-0.15, -0.1) is 0 Å². The lowest BCUT2D eigenvalue weighted by Crippen LogP contribution is -2.46. The van der Waals surface area contributed by atoms with Gasteiger partial charge in [0.15, 0.2) is 0 Å². The van der Waals surface area contributed by atoms with Gasteiger partial charge in [-0.25, -0.2) is 12.7 Å². The zero-order valence-corrected chi connectivity index (χ0v) is 21.8. The van der Waals surface area contributed by atoms with Gasteiger partial charge < -0.3 is 4.90 Å². The van der Waals surface area contributed by atoms with Crippen molar-refractivity contribution < 1.29 is 21.4 Å². The Balaban J connectivity index is 0.000000555. The van der Waals surface area contributed by atoms with Gasteiger partial charge in [-0.2, -0.15) is 8.42 Å². The molecule has 2 aromatic rings. The standard InChI is InChI=1S/C21H27N3O2S2.CH4O3S/c1-22(2)28(25,26)17-8-9-20-16(14-17)15-19(24-12-10-23(3)11-13-24)18-6-4-5-7-21(18)27-20;1-5(2,3)4/h4-9,14,19H,10-13,15H2,1-3H3;1H3,(H,2,3,4). The number of fused-ring (bicyclic) bond motifs is 2. The first-order valence-electron chi connectivity index (χ1n) is 10.5. The first-order valence-corrected chi connectivity index (χ1v) is 14.6. The van der Waals surface area contributed by atoms with Gasteiger partial charge in [0.1, 0.15) is 0 Å². The first-order chi connectivity index (χ1) is 15.4. The number of nitrogens with zero attached hydrogens (tertiary/aromatic N) is 3. The van der Waals surface area contributed by atoms with E-state index in [4.69, 9.17) is 4.55 Å². The predicted octanol–water partition coefficient (Wildman–Crippen LogP) is 2.44. The molecule has 1 fully saturated rings. The van der Waals surface area contributed by atoms with Gasteiger partial charge in [-0.05, 0) is 48.9 Å². The molecule has 0 saturated carbocycles. The van der Waals surface area contributed by atoms with Gasteiger partial charge in [-0.3, -0.25) is 9.45 Å². The van der Waals surface area contributed by atoms with Crippen LogP contribution in [0.25, 0.3) is 0 Å². The molecule has 11 heteroatoms. The monoisotopic (exact) mass is 513 g/mol. The number of sulfonamides is 1. The third kappa shape index (κ3) is 6.78. The van der Waals surface area contributed by atoms with E-state index < -0.39 is 20.1 Å². The molecule has 2 aliphatic heterocycles. The molecule has 2 heterocycles. The average molecular weight is 514 g/mol. The van der Waals surface area contributed by atoms with Crippen LogP contribution in [0.2, 0.25) is 0 Å². The summed E-state index contributed by atoms with van der Waals surface area (Å²) in [5.41, 5.74) is 2.47. The van der Waals surface area contributed by atoms with Crippen LogP contribution in [0.1, 0.15) is 17.2 Å². The number of piperazine rings is 1. The fraction of sp³-hybridized carbons (Fsp3) is 0.455. The summed E-state index contributed by atoms with van der Waals surface area (Å²) in [5, 5.41) is 0. The summed E-state index contributed by atoms with van der Waals surface area (Å²) < 4.78 is 52.4. The highest BCUT2D eigenvalue weighted by atomic mass is 32.2. The summed E-state index contributed by atoms with van der Waals surface area (Å²) in [4.78, 5) is 7.72. The van der Waals surface area contributed by atoms with E-state index in [1.165, 1.54) is 14.8 Å². The van der Waals surface area contributed by atoms with Crippen molar-refractivity contribution in [3.05, 3.63) is 53.6 Å². The van der Waals surface area contributed by atoms with Crippen molar-refractivity contribution in [2.75, 3.05) is 53.6 Å². The van der Waals surface area contributed by atoms with E-state index in [9.17, 15) is 16.8 Å². The molecule has 0 amide bonds. The Morgan fingerprint density at radius 1 is 0.970 bits per heavy atom. The average Bonchev–Trinajstić information content (AvgIpc) is 2.89. The van der Waals surface area contributed by atoms with Crippen molar-refractivity contribution in [3.8, 4) is 0 Å². The third-order valence-corrected chi connectivity index (χ3v) is 8.72. The largest absolute Gasteiger partial charge is 0.304 e. The van der Waals surface area contributed by atoms with E-state index in [0.717, 1.165) is 43.1 Å². The van der Waals surface area contributed by atoms with Crippen LogP contribution in [-0.2, 0) is 26.6 Å². The van der Waals surface area contributed by atoms with E-state index in [-0.39, 0.29) is 6.04 Å². The summed E-state index contributed by atoms with van der Waals surface area (Å²) in [6.45, 7) is 4.19. The molecule has 0 radical (unpaired) electrons. The summed E-state index contributed by atoms with van der Waals surface area (Å²) in [6.07, 6.45) is 1.55. The molecule has 1 saturated heterocycles. The Bertz CT molecular complexity index is 1180. The van der Waals surface area contributed by atoms with Gasteiger partial charge >= 0.3 is 0 Å². The van der Waals surface area contributed by atoms with Crippen LogP contribution in [0.3, 0.4) is 0 Å². The van der Waals surface area contributed by atoms with Crippen molar-refractivity contribution in [3.63, 3.8) is 0 Å². The normalized spacial score (nSPS) is 19.8. The molecule has 0 aliphatic carbocycles. The minimum atomic E-state index is -3.67. The predicted molar refractivity (Wildman–Crippen MR) is 131 cm³/mol.